The molecule has 0 spiro atoms. The molecule has 1 aliphatic rings. The molecule has 0 saturated heterocycles. The van der Waals surface area contributed by atoms with Crippen LogP contribution in [0.25, 0.3) is 16.8 Å². The Kier molecular flexibility index (Phi) is 8.45. The van der Waals surface area contributed by atoms with Gasteiger partial charge in [-0.15, -0.1) is 0 Å². The number of hydrogen-bond acceptors (Lipinski definition) is 6. The van der Waals surface area contributed by atoms with Gasteiger partial charge in [0.1, 0.15) is 6.61 Å². The molecule has 1 aromatic heterocycles. The number of thiazole rings is 1. The first-order chi connectivity index (χ1) is 21.2. The number of carbonyl (C=O) groups excluding carboxylic acids is 1. The van der Waals surface area contributed by atoms with Crippen LogP contribution in [0.1, 0.15) is 42.1 Å². The Balaban J connectivity index is 1.37. The summed E-state index contributed by atoms with van der Waals surface area (Å²) in [5, 5.41) is 2.88. The highest BCUT2D eigenvalue weighted by molar-refractivity contribution is 7.07. The number of nitrogens with zero attached hydrogens (tertiary/aromatic N) is 2. The van der Waals surface area contributed by atoms with Gasteiger partial charge in [0.05, 0.1) is 38.5 Å². The van der Waals surface area contributed by atoms with E-state index in [4.69, 9.17) is 32.7 Å². The number of fused-ring (bicyclic) bond motifs is 2. The Morgan fingerprint density at radius 2 is 1.70 bits per heavy atom. The van der Waals surface area contributed by atoms with Crippen LogP contribution in [-0.4, -0.2) is 17.1 Å². The lowest BCUT2D eigenvalue weighted by molar-refractivity contribution is -0.139. The largest absolute Gasteiger partial charge is 0.486 e. The van der Waals surface area contributed by atoms with E-state index in [1.165, 1.54) is 11.3 Å². The summed E-state index contributed by atoms with van der Waals surface area (Å²) in [5.74, 6) is -0.125. The molecule has 0 saturated carbocycles. The highest BCUT2D eigenvalue weighted by Gasteiger charge is 2.33. The zero-order valence-corrected chi connectivity index (χ0v) is 26.6. The minimum absolute atomic E-state index is 0.212. The van der Waals surface area contributed by atoms with Crippen molar-refractivity contribution in [3.8, 4) is 5.75 Å². The van der Waals surface area contributed by atoms with Crippen LogP contribution in [0.2, 0.25) is 10.0 Å². The molecule has 222 valence electrons. The average Bonchev–Trinajstić information content (AvgIpc) is 3.30. The van der Waals surface area contributed by atoms with E-state index in [-0.39, 0.29) is 12.2 Å². The van der Waals surface area contributed by atoms with Crippen molar-refractivity contribution in [3.05, 3.63) is 142 Å². The number of ether oxygens (including phenoxy) is 2. The maximum Gasteiger partial charge on any atom is 0.338 e. The monoisotopic (exact) mass is 642 g/mol. The molecular formula is C35H28Cl2N2O4S. The number of halogens is 2. The van der Waals surface area contributed by atoms with E-state index < -0.39 is 12.0 Å². The molecule has 0 fully saturated rings. The first-order valence-electron chi connectivity index (χ1n) is 14.1. The van der Waals surface area contributed by atoms with Crippen LogP contribution in [0.4, 0.5) is 0 Å². The molecule has 0 amide bonds. The Morgan fingerprint density at radius 3 is 2.43 bits per heavy atom. The minimum atomic E-state index is -0.676. The average molecular weight is 644 g/mol. The van der Waals surface area contributed by atoms with Crippen LogP contribution in [-0.2, 0) is 16.1 Å². The van der Waals surface area contributed by atoms with Crippen LogP contribution in [0, 0.1) is 6.92 Å². The summed E-state index contributed by atoms with van der Waals surface area (Å²) in [7, 11) is 0. The summed E-state index contributed by atoms with van der Waals surface area (Å²) in [4.78, 5) is 32.1. The van der Waals surface area contributed by atoms with Gasteiger partial charge in [0.2, 0.25) is 0 Å². The van der Waals surface area contributed by atoms with Gasteiger partial charge in [0.15, 0.2) is 10.6 Å². The number of esters is 1. The lowest BCUT2D eigenvalue weighted by Crippen LogP contribution is -2.39. The maximum atomic E-state index is 13.9. The van der Waals surface area contributed by atoms with E-state index in [9.17, 15) is 9.59 Å². The second kappa shape index (κ2) is 12.4. The van der Waals surface area contributed by atoms with Gasteiger partial charge in [-0.2, -0.15) is 0 Å². The van der Waals surface area contributed by atoms with Crippen LogP contribution >= 0.6 is 34.5 Å². The summed E-state index contributed by atoms with van der Waals surface area (Å²) < 4.78 is 13.4. The van der Waals surface area contributed by atoms with Gasteiger partial charge in [-0.25, -0.2) is 9.79 Å². The molecule has 6 rings (SSSR count). The van der Waals surface area contributed by atoms with Crippen LogP contribution in [0.15, 0.2) is 99.9 Å². The molecule has 1 atom stereocenters. The first kappa shape index (κ1) is 29.9. The molecule has 6 nitrogen and oxygen atoms in total. The molecule has 2 heterocycles. The van der Waals surface area contributed by atoms with E-state index in [2.05, 4.69) is 23.2 Å². The summed E-state index contributed by atoms with van der Waals surface area (Å²) in [5.41, 5.74) is 4.08. The molecule has 0 N–H and O–H groups in total. The fourth-order valence-electron chi connectivity index (χ4n) is 5.38. The summed E-state index contributed by atoms with van der Waals surface area (Å²) in [6.07, 6.45) is 1.73. The van der Waals surface area contributed by atoms with Gasteiger partial charge in [0, 0.05) is 0 Å². The molecule has 0 unspecified atom stereocenters. The zero-order chi connectivity index (χ0) is 31.0. The van der Waals surface area contributed by atoms with Crippen molar-refractivity contribution in [2.45, 2.75) is 33.4 Å². The lowest BCUT2D eigenvalue weighted by Gasteiger charge is -2.24. The Hall–Kier alpha value is -4.17. The predicted molar refractivity (Wildman–Crippen MR) is 176 cm³/mol. The molecule has 5 aromatic rings. The highest BCUT2D eigenvalue weighted by atomic mass is 35.5. The minimum Gasteiger partial charge on any atom is -0.486 e. The second-order valence-electron chi connectivity index (χ2n) is 10.5. The van der Waals surface area contributed by atoms with E-state index in [0.717, 1.165) is 27.5 Å². The number of rotatable bonds is 7. The molecule has 44 heavy (non-hydrogen) atoms. The topological polar surface area (TPSA) is 69.9 Å². The number of aromatic nitrogens is 1. The first-order valence-corrected chi connectivity index (χ1v) is 15.7. The summed E-state index contributed by atoms with van der Waals surface area (Å²) >= 11 is 14.6. The molecule has 4 aromatic carbocycles. The van der Waals surface area contributed by atoms with Gasteiger partial charge in [-0.1, -0.05) is 107 Å². The van der Waals surface area contributed by atoms with Crippen molar-refractivity contribution in [2.75, 3.05) is 6.61 Å². The highest BCUT2D eigenvalue weighted by Crippen LogP contribution is 2.36. The van der Waals surface area contributed by atoms with E-state index in [1.807, 2.05) is 55.5 Å². The third kappa shape index (κ3) is 5.71. The number of hydrogen-bond donors (Lipinski definition) is 0. The molecule has 9 heteroatoms. The van der Waals surface area contributed by atoms with Crippen molar-refractivity contribution in [3.63, 3.8) is 0 Å². The van der Waals surface area contributed by atoms with E-state index in [1.54, 1.807) is 36.6 Å². The van der Waals surface area contributed by atoms with Gasteiger partial charge in [0.25, 0.3) is 5.56 Å². The quantitative estimate of drug-likeness (QED) is 0.177. The van der Waals surface area contributed by atoms with Crippen LogP contribution in [0.3, 0.4) is 0 Å². The van der Waals surface area contributed by atoms with Gasteiger partial charge >= 0.3 is 5.97 Å². The number of aryl methyl sites for hydroxylation is 1. The fraction of sp³-hybridized carbons (Fsp3) is 0.171. The predicted octanol–water partition coefficient (Wildman–Crippen LogP) is 7.15. The summed E-state index contributed by atoms with van der Waals surface area (Å²) in [6, 6.07) is 24.7. The molecule has 1 aliphatic heterocycles. The number of carbonyl (C=O) groups is 1. The van der Waals surface area contributed by atoms with Crippen molar-refractivity contribution in [1.29, 1.82) is 0 Å². The Morgan fingerprint density at radius 1 is 1.00 bits per heavy atom. The normalized spacial score (nSPS) is 14.8. The number of benzene rings is 4. The Labute approximate surface area is 268 Å². The van der Waals surface area contributed by atoms with Gasteiger partial charge < -0.3 is 9.47 Å². The van der Waals surface area contributed by atoms with Crippen LogP contribution in [0.5, 0.6) is 5.75 Å². The smallest absolute Gasteiger partial charge is 0.338 e. The third-order valence-electron chi connectivity index (χ3n) is 7.48. The van der Waals surface area contributed by atoms with E-state index >= 15 is 0 Å². The summed E-state index contributed by atoms with van der Waals surface area (Å²) in [6.45, 7) is 6.00. The van der Waals surface area contributed by atoms with Gasteiger partial charge in [-0.3, -0.25) is 9.36 Å². The van der Waals surface area contributed by atoms with Crippen molar-refractivity contribution in [1.82, 2.24) is 4.57 Å². The standard InChI is InChI=1S/C35H28Cl2N2O4S/c1-4-42-34(41)30-21(3)38-35-39(31(30)24-14-12-20(2)13-15-24)33(40)29(44-35)18-22-16-27(36)32(28(37)17-22)43-19-25-10-7-9-23-8-5-6-11-26(23)25/h5-18,31H,4,19H2,1-3H3/b29-18+/t31-/m1/s1. The third-order valence-corrected chi connectivity index (χ3v) is 9.02. The Bertz CT molecular complexity index is 2100. The molecule has 0 aliphatic carbocycles. The molecule has 0 radical (unpaired) electrons. The van der Waals surface area contributed by atoms with Crippen molar-refractivity contribution in [2.24, 2.45) is 4.99 Å². The van der Waals surface area contributed by atoms with Crippen molar-refractivity contribution >= 4 is 57.4 Å². The lowest BCUT2D eigenvalue weighted by atomic mass is 9.95. The zero-order valence-electron chi connectivity index (χ0n) is 24.3. The van der Waals surface area contributed by atoms with Crippen LogP contribution < -0.4 is 19.6 Å². The van der Waals surface area contributed by atoms with E-state index in [0.29, 0.717) is 48.6 Å². The second-order valence-corrected chi connectivity index (χ2v) is 12.3. The number of allylic oxidation sites excluding steroid dienone is 1. The fourth-order valence-corrected chi connectivity index (χ4v) is 7.04. The molecule has 0 bridgehead atoms. The van der Waals surface area contributed by atoms with Crippen molar-refractivity contribution < 1.29 is 14.3 Å². The molecular weight excluding hydrogens is 615 g/mol. The SMILES string of the molecule is CCOC(=O)C1=C(C)N=c2s/c(=C/c3cc(Cl)c(OCc4cccc5ccccc45)c(Cl)c3)c(=O)n2[C@@H]1c1ccc(C)cc1. The maximum absolute atomic E-state index is 13.9. The van der Waals surface area contributed by atoms with Gasteiger partial charge in [-0.05, 0) is 66.4 Å².